The van der Waals surface area contributed by atoms with Gasteiger partial charge in [-0.15, -0.1) is 0 Å². The van der Waals surface area contributed by atoms with Gasteiger partial charge >= 0.3 is 10.4 Å². The van der Waals surface area contributed by atoms with Crippen molar-refractivity contribution in [3.05, 3.63) is 121 Å². The van der Waals surface area contributed by atoms with Gasteiger partial charge in [-0.05, 0) is 24.3 Å². The third-order valence-electron chi connectivity index (χ3n) is 4.96. The van der Waals surface area contributed by atoms with Gasteiger partial charge in [0.25, 0.3) is 0 Å². The predicted octanol–water partition coefficient (Wildman–Crippen LogP) is 4.96. The maximum atomic E-state index is 3.79. The van der Waals surface area contributed by atoms with Gasteiger partial charge in [-0.2, -0.15) is 16.9 Å². The van der Waals surface area contributed by atoms with Crippen LogP contribution in [-0.2, 0) is 0 Å². The fourth-order valence-electron chi connectivity index (χ4n) is 3.14. The molecule has 0 N–H and O–H groups in total. The summed E-state index contributed by atoms with van der Waals surface area (Å²) in [6.45, 7) is 2.34. The minimum absolute atomic E-state index is 0.545. The standard InChI is InChI=1S/C13H13NSi.C13H13Si/c1-14(15,12-8-4-2-5-9-12)13-10-6-3-7-11-13;1-14(12-8-4-2-5-9-12)13-10-6-3-7-11-13/h2-11H,1H3;2-11H,1H3/q+1;-1. The van der Waals surface area contributed by atoms with E-state index in [2.05, 4.69) is 133 Å². The van der Waals surface area contributed by atoms with Crippen LogP contribution in [0.4, 0.5) is 11.4 Å². The van der Waals surface area contributed by atoms with Gasteiger partial charge in [-0.25, -0.2) is 0 Å². The van der Waals surface area contributed by atoms with E-state index in [1.54, 1.807) is 0 Å². The second kappa shape index (κ2) is 10.2. The van der Waals surface area contributed by atoms with E-state index >= 15 is 0 Å². The number of quaternary nitrogens is 1. The first-order valence-corrected chi connectivity index (χ1v) is 12.2. The van der Waals surface area contributed by atoms with Gasteiger partial charge in [0, 0.05) is 0 Å². The maximum absolute atomic E-state index is 3.79. The molecular formula is C26H26NSi2. The minimum Gasteiger partial charge on any atom is -0.315 e. The second-order valence-corrected chi connectivity index (χ2v) is 10.3. The van der Waals surface area contributed by atoms with Gasteiger partial charge < -0.3 is 4.15 Å². The fraction of sp³-hybridized carbons (Fsp3) is 0.0769. The van der Waals surface area contributed by atoms with Crippen molar-refractivity contribution < 1.29 is 0 Å². The highest BCUT2D eigenvalue weighted by Crippen LogP contribution is 2.28. The summed E-state index contributed by atoms with van der Waals surface area (Å²) in [4.78, 5) is 0. The molecule has 0 atom stereocenters. The third kappa shape index (κ3) is 5.64. The zero-order valence-corrected chi connectivity index (χ0v) is 19.0. The Morgan fingerprint density at radius 2 is 0.793 bits per heavy atom. The number of nitrogens with zero attached hydrogens (tertiary/aromatic N) is 1. The van der Waals surface area contributed by atoms with Crippen LogP contribution in [-0.4, -0.2) is 26.2 Å². The van der Waals surface area contributed by atoms with Gasteiger partial charge in [0.1, 0.15) is 11.4 Å². The Bertz CT molecular complexity index is 891. The van der Waals surface area contributed by atoms with Crippen molar-refractivity contribution in [1.29, 1.82) is 0 Å². The quantitative estimate of drug-likeness (QED) is 0.419. The van der Waals surface area contributed by atoms with Crippen molar-refractivity contribution in [1.82, 2.24) is 4.15 Å². The number of rotatable bonds is 4. The van der Waals surface area contributed by atoms with E-state index in [4.69, 9.17) is 0 Å². The van der Waals surface area contributed by atoms with E-state index in [1.165, 1.54) is 21.7 Å². The van der Waals surface area contributed by atoms with Crippen molar-refractivity contribution in [3.63, 3.8) is 0 Å². The van der Waals surface area contributed by atoms with Crippen LogP contribution in [0.3, 0.4) is 0 Å². The molecule has 0 saturated heterocycles. The van der Waals surface area contributed by atoms with Crippen LogP contribution in [0, 0.1) is 0 Å². The van der Waals surface area contributed by atoms with E-state index in [9.17, 15) is 0 Å². The smallest absolute Gasteiger partial charge is 0.315 e. The molecule has 1 nitrogen and oxygen atoms in total. The predicted molar refractivity (Wildman–Crippen MR) is 130 cm³/mol. The number of hydrogen-bond donors (Lipinski definition) is 0. The number of hydrogen-bond acceptors (Lipinski definition) is 0. The van der Waals surface area contributed by atoms with Gasteiger partial charge in [0.05, 0.1) is 7.05 Å². The van der Waals surface area contributed by atoms with Gasteiger partial charge in [-0.3, -0.25) is 8.80 Å². The summed E-state index contributed by atoms with van der Waals surface area (Å²) >= 11 is 0. The van der Waals surface area contributed by atoms with E-state index < -0.39 is 8.80 Å². The monoisotopic (exact) mass is 408 g/mol. The van der Waals surface area contributed by atoms with Crippen LogP contribution in [0.1, 0.15) is 0 Å². The van der Waals surface area contributed by atoms with Crippen LogP contribution >= 0.6 is 0 Å². The molecule has 0 heterocycles. The zero-order valence-electron chi connectivity index (χ0n) is 17.0. The molecule has 0 aliphatic carbocycles. The van der Waals surface area contributed by atoms with Crippen molar-refractivity contribution >= 4 is 40.9 Å². The Morgan fingerprint density at radius 1 is 0.517 bits per heavy atom. The molecule has 0 aliphatic rings. The lowest BCUT2D eigenvalue weighted by Crippen LogP contribution is -2.38. The third-order valence-corrected chi connectivity index (χ3v) is 7.87. The topological polar surface area (TPSA) is 0 Å². The highest BCUT2D eigenvalue weighted by atomic mass is 28.3. The normalized spacial score (nSPS) is 10.6. The lowest BCUT2D eigenvalue weighted by molar-refractivity contribution is 0.722. The molecule has 4 rings (SSSR count). The largest absolute Gasteiger partial charge is 0.461 e. The van der Waals surface area contributed by atoms with Gasteiger partial charge in [0.2, 0.25) is 0 Å². The minimum atomic E-state index is -0.545. The van der Waals surface area contributed by atoms with Gasteiger partial charge in [0.15, 0.2) is 0 Å². The van der Waals surface area contributed by atoms with Crippen molar-refractivity contribution in [2.24, 2.45) is 0 Å². The van der Waals surface area contributed by atoms with Crippen LogP contribution in [0.2, 0.25) is 6.55 Å². The molecule has 0 amide bonds. The first kappa shape index (κ1) is 21.0. The first-order chi connectivity index (χ1) is 14.1. The van der Waals surface area contributed by atoms with Gasteiger partial charge in [-0.1, -0.05) is 97.1 Å². The summed E-state index contributed by atoms with van der Waals surface area (Å²) in [5.74, 6) is 0. The van der Waals surface area contributed by atoms with Crippen LogP contribution in [0.25, 0.3) is 0 Å². The lowest BCUT2D eigenvalue weighted by Gasteiger charge is -2.28. The molecule has 0 saturated carbocycles. The average molecular weight is 409 g/mol. The van der Waals surface area contributed by atoms with Crippen LogP contribution in [0.5, 0.6) is 0 Å². The summed E-state index contributed by atoms with van der Waals surface area (Å²) in [5, 5.41) is 2.95. The molecule has 0 bridgehead atoms. The first-order valence-electron chi connectivity index (χ1n) is 9.76. The number of benzene rings is 4. The Hall–Kier alpha value is -2.73. The summed E-state index contributed by atoms with van der Waals surface area (Å²) in [7, 11) is 5.36. The lowest BCUT2D eigenvalue weighted by atomic mass is 10.2. The molecule has 0 unspecified atom stereocenters. The van der Waals surface area contributed by atoms with E-state index in [0.717, 1.165) is 0 Å². The molecular weight excluding hydrogens is 382 g/mol. The molecule has 0 aromatic heterocycles. The highest BCUT2D eigenvalue weighted by molar-refractivity contribution is 6.84. The maximum Gasteiger partial charge on any atom is 0.461 e. The fourth-order valence-corrected chi connectivity index (χ4v) is 5.16. The average Bonchev–Trinajstić information content (AvgIpc) is 2.81. The van der Waals surface area contributed by atoms with Crippen molar-refractivity contribution in [2.45, 2.75) is 6.55 Å². The molecule has 0 fully saturated rings. The van der Waals surface area contributed by atoms with Crippen molar-refractivity contribution in [3.8, 4) is 0 Å². The van der Waals surface area contributed by atoms with E-state index in [1.807, 2.05) is 12.1 Å². The van der Waals surface area contributed by atoms with E-state index in [-0.39, 0.29) is 0 Å². The van der Waals surface area contributed by atoms with Crippen molar-refractivity contribution in [2.75, 3.05) is 7.05 Å². The molecule has 4 aromatic carbocycles. The second-order valence-electron chi connectivity index (χ2n) is 7.03. The summed E-state index contributed by atoms with van der Waals surface area (Å²) < 4.78 is 0.585. The molecule has 0 spiro atoms. The Balaban J connectivity index is 0.000000166. The number of para-hydroxylation sites is 2. The molecule has 3 radical (unpaired) electrons. The Labute approximate surface area is 180 Å². The molecule has 143 valence electrons. The van der Waals surface area contributed by atoms with E-state index in [0.29, 0.717) is 4.15 Å². The summed E-state index contributed by atoms with van der Waals surface area (Å²) in [5.41, 5.74) is 2.42. The molecule has 29 heavy (non-hydrogen) atoms. The summed E-state index contributed by atoms with van der Waals surface area (Å²) in [6.07, 6.45) is 0. The SMILES string of the molecule is C[N+]([Si])(c1ccccc1)c1ccccc1.C[Si-](c1ccccc1)c1ccccc1. The highest BCUT2D eigenvalue weighted by Gasteiger charge is 2.21. The summed E-state index contributed by atoms with van der Waals surface area (Å²) in [6, 6.07) is 42.2. The van der Waals surface area contributed by atoms with Crippen LogP contribution < -0.4 is 14.5 Å². The zero-order chi connectivity index (χ0) is 20.5. The Kier molecular flexibility index (Phi) is 7.36. The van der Waals surface area contributed by atoms with Crippen LogP contribution in [0.15, 0.2) is 121 Å². The Morgan fingerprint density at radius 3 is 1.10 bits per heavy atom. The molecule has 0 aliphatic heterocycles. The molecule has 3 heteroatoms. The molecule has 4 aromatic rings.